The Kier molecular flexibility index (Phi) is 18.8. The highest BCUT2D eigenvalue weighted by molar-refractivity contribution is 5.85. The van der Waals surface area contributed by atoms with Crippen molar-refractivity contribution in [3.8, 4) is 0 Å². The van der Waals surface area contributed by atoms with E-state index in [0.717, 1.165) is 11.1 Å². The maximum absolute atomic E-state index is 13.2. The van der Waals surface area contributed by atoms with Crippen LogP contribution >= 0.6 is 0 Å². The Morgan fingerprint density at radius 2 is 1.20 bits per heavy atom. The van der Waals surface area contributed by atoms with Crippen LogP contribution in [0.1, 0.15) is 64.0 Å². The van der Waals surface area contributed by atoms with Gasteiger partial charge in [-0.3, -0.25) is 9.59 Å². The Hall–Kier alpha value is -5.54. The molecule has 0 bridgehead atoms. The molecule has 0 spiro atoms. The van der Waals surface area contributed by atoms with E-state index in [1.54, 1.807) is 32.9 Å². The number of benzene rings is 2. The molecule has 0 saturated carbocycles. The quantitative estimate of drug-likeness (QED) is 0.0781. The zero-order valence-electron chi connectivity index (χ0n) is 29.3. The van der Waals surface area contributed by atoms with Crippen molar-refractivity contribution in [3.05, 3.63) is 71.8 Å². The average Bonchev–Trinajstić information content (AvgIpc) is 3.08. The van der Waals surface area contributed by atoms with Gasteiger partial charge in [0, 0.05) is 38.6 Å². The summed E-state index contributed by atoms with van der Waals surface area (Å²) in [6, 6.07) is 16.6. The number of rotatable bonds is 20. The highest BCUT2D eigenvalue weighted by Crippen LogP contribution is 2.09. The van der Waals surface area contributed by atoms with E-state index in [4.69, 9.17) is 19.3 Å². The Balaban J connectivity index is 1.89. The van der Waals surface area contributed by atoms with E-state index in [9.17, 15) is 28.8 Å². The second-order valence-corrected chi connectivity index (χ2v) is 12.5. The van der Waals surface area contributed by atoms with E-state index in [2.05, 4.69) is 31.9 Å². The summed E-state index contributed by atoms with van der Waals surface area (Å²) >= 11 is 0. The number of amides is 6. The van der Waals surface area contributed by atoms with Crippen molar-refractivity contribution < 1.29 is 48.1 Å². The topological polar surface area (TPSA) is 223 Å². The summed E-state index contributed by atoms with van der Waals surface area (Å²) in [5, 5.41) is 24.1. The molecule has 0 heterocycles. The lowest BCUT2D eigenvalue weighted by Crippen LogP contribution is -2.48. The first kappa shape index (κ1) is 41.6. The van der Waals surface area contributed by atoms with Gasteiger partial charge in [-0.2, -0.15) is 0 Å². The first-order valence-electron chi connectivity index (χ1n) is 16.7. The molecule has 6 amide bonds. The van der Waals surface area contributed by atoms with E-state index in [1.165, 1.54) is 0 Å². The first-order chi connectivity index (χ1) is 24.3. The Bertz CT molecular complexity index is 1390. The molecule has 0 aliphatic heterocycles. The molecule has 2 atom stereocenters. The molecule has 0 radical (unpaired) electrons. The molecule has 2 rings (SSSR count). The zero-order chi connectivity index (χ0) is 37.5. The summed E-state index contributed by atoms with van der Waals surface area (Å²) in [7, 11) is 0. The van der Waals surface area contributed by atoms with Crippen LogP contribution in [-0.4, -0.2) is 85.2 Å². The normalized spacial score (nSPS) is 11.9. The van der Waals surface area contributed by atoms with Gasteiger partial charge in [0.05, 0.1) is 0 Å². The van der Waals surface area contributed by atoms with Crippen LogP contribution in [0.3, 0.4) is 0 Å². The smallest absolute Gasteiger partial charge is 0.408 e. The minimum absolute atomic E-state index is 0.0111. The minimum Gasteiger partial charge on any atom is -0.465 e. The highest BCUT2D eigenvalue weighted by Gasteiger charge is 2.24. The van der Waals surface area contributed by atoms with Crippen LogP contribution in [0, 0.1) is 0 Å². The summed E-state index contributed by atoms with van der Waals surface area (Å²) < 4.78 is 15.8. The van der Waals surface area contributed by atoms with Gasteiger partial charge in [-0.25, -0.2) is 19.2 Å². The lowest BCUT2D eigenvalue weighted by Gasteiger charge is -2.23. The standard InChI is InChI=1S/C35H50N6O10/c1-35(2,3)51-34(48)41-28(17-11-19-39-32(46)49-23-25-12-6-4-7-13-25)30(43)37-18-10-16-27(22-29(42)36-20-21-38-31(44)45)40-33(47)50-24-26-14-8-5-9-15-26/h4-9,12-15,27-28,38H,10-11,16-24H2,1-3H3,(H,36,42)(H,37,43)(H,39,46)(H,40,47)(H,41,48)(H,44,45)/t27-,28-/m0/s1. The monoisotopic (exact) mass is 714 g/mol. The molecule has 280 valence electrons. The van der Waals surface area contributed by atoms with Gasteiger partial charge in [0.1, 0.15) is 24.9 Å². The number of hydrogen-bond acceptors (Lipinski definition) is 9. The lowest BCUT2D eigenvalue weighted by molar-refractivity contribution is -0.123. The Morgan fingerprint density at radius 3 is 1.78 bits per heavy atom. The van der Waals surface area contributed by atoms with E-state index in [1.807, 2.05) is 48.5 Å². The van der Waals surface area contributed by atoms with Crippen molar-refractivity contribution in [2.75, 3.05) is 26.2 Å². The fourth-order valence-corrected chi connectivity index (χ4v) is 4.50. The fraction of sp³-hybridized carbons (Fsp3) is 0.486. The molecule has 0 aliphatic rings. The summed E-state index contributed by atoms with van der Waals surface area (Å²) in [5.74, 6) is -0.901. The molecule has 0 unspecified atom stereocenters. The third kappa shape index (κ3) is 20.5. The second kappa shape index (κ2) is 23.0. The van der Waals surface area contributed by atoms with Gasteiger partial charge >= 0.3 is 24.4 Å². The van der Waals surface area contributed by atoms with Crippen molar-refractivity contribution in [1.82, 2.24) is 31.9 Å². The van der Waals surface area contributed by atoms with Gasteiger partial charge in [-0.1, -0.05) is 60.7 Å². The van der Waals surface area contributed by atoms with Crippen LogP contribution in [-0.2, 0) is 37.0 Å². The van der Waals surface area contributed by atoms with Gasteiger partial charge < -0.3 is 51.2 Å². The molecule has 0 saturated heterocycles. The molecule has 0 fully saturated rings. The molecule has 0 aromatic heterocycles. The maximum Gasteiger partial charge on any atom is 0.408 e. The van der Waals surface area contributed by atoms with Crippen LogP contribution < -0.4 is 31.9 Å². The van der Waals surface area contributed by atoms with Crippen molar-refractivity contribution in [2.24, 2.45) is 0 Å². The van der Waals surface area contributed by atoms with Gasteiger partial charge in [0.25, 0.3) is 0 Å². The average molecular weight is 715 g/mol. The number of carbonyl (C=O) groups is 6. The molecule has 2 aromatic carbocycles. The van der Waals surface area contributed by atoms with Crippen LogP contribution in [0.15, 0.2) is 60.7 Å². The van der Waals surface area contributed by atoms with E-state index in [0.29, 0.717) is 12.8 Å². The number of nitrogens with one attached hydrogen (secondary N) is 6. The number of hydrogen-bond donors (Lipinski definition) is 7. The third-order valence-corrected chi connectivity index (χ3v) is 6.88. The van der Waals surface area contributed by atoms with Gasteiger partial charge in [-0.05, 0) is 57.6 Å². The third-order valence-electron chi connectivity index (χ3n) is 6.88. The summed E-state index contributed by atoms with van der Waals surface area (Å²) in [4.78, 5) is 73.5. The molecule has 16 nitrogen and oxygen atoms in total. The number of carbonyl (C=O) groups excluding carboxylic acids is 5. The summed E-state index contributed by atoms with van der Waals surface area (Å²) in [6.07, 6.45) is -2.32. The molecule has 16 heteroatoms. The highest BCUT2D eigenvalue weighted by atomic mass is 16.6. The van der Waals surface area contributed by atoms with Crippen molar-refractivity contribution in [1.29, 1.82) is 0 Å². The van der Waals surface area contributed by atoms with Gasteiger partial charge in [0.2, 0.25) is 11.8 Å². The minimum atomic E-state index is -1.22. The molecule has 7 N–H and O–H groups in total. The summed E-state index contributed by atoms with van der Waals surface area (Å²) in [5.41, 5.74) is 0.826. The van der Waals surface area contributed by atoms with Gasteiger partial charge in [0.15, 0.2) is 0 Å². The number of ether oxygens (including phenoxy) is 3. The van der Waals surface area contributed by atoms with Crippen molar-refractivity contribution >= 4 is 36.2 Å². The predicted octanol–water partition coefficient (Wildman–Crippen LogP) is 3.55. The predicted molar refractivity (Wildman–Crippen MR) is 186 cm³/mol. The Labute approximate surface area is 297 Å². The van der Waals surface area contributed by atoms with Crippen LogP contribution in [0.25, 0.3) is 0 Å². The van der Waals surface area contributed by atoms with Gasteiger partial charge in [-0.15, -0.1) is 0 Å². The molecular formula is C35H50N6O10. The van der Waals surface area contributed by atoms with Crippen molar-refractivity contribution in [2.45, 2.75) is 83.8 Å². The van der Waals surface area contributed by atoms with Crippen LogP contribution in [0.5, 0.6) is 0 Å². The van der Waals surface area contributed by atoms with E-state index < -0.39 is 53.9 Å². The molecular weight excluding hydrogens is 664 g/mol. The fourth-order valence-electron chi connectivity index (χ4n) is 4.50. The molecule has 0 aliphatic carbocycles. The Morgan fingerprint density at radius 1 is 0.647 bits per heavy atom. The molecule has 51 heavy (non-hydrogen) atoms. The lowest BCUT2D eigenvalue weighted by atomic mass is 10.1. The number of carboxylic acid groups (broad SMARTS) is 1. The van der Waals surface area contributed by atoms with E-state index in [-0.39, 0.29) is 58.7 Å². The SMILES string of the molecule is CC(C)(C)OC(=O)N[C@@H](CCCNC(=O)OCc1ccccc1)C(=O)NCCC[C@@H](CC(=O)NCCNC(=O)O)NC(=O)OCc1ccccc1. The second-order valence-electron chi connectivity index (χ2n) is 12.5. The first-order valence-corrected chi connectivity index (χ1v) is 16.7. The summed E-state index contributed by atoms with van der Waals surface area (Å²) in [6.45, 7) is 5.63. The van der Waals surface area contributed by atoms with E-state index >= 15 is 0 Å². The van der Waals surface area contributed by atoms with Crippen LogP contribution in [0.2, 0.25) is 0 Å². The van der Waals surface area contributed by atoms with Crippen LogP contribution in [0.4, 0.5) is 19.2 Å². The largest absolute Gasteiger partial charge is 0.465 e. The zero-order valence-corrected chi connectivity index (χ0v) is 29.3. The maximum atomic E-state index is 13.2. The van der Waals surface area contributed by atoms with Crippen molar-refractivity contribution in [3.63, 3.8) is 0 Å². The molecule has 2 aromatic rings. The number of alkyl carbamates (subject to hydrolysis) is 3.